The van der Waals surface area contributed by atoms with Crippen molar-refractivity contribution in [3.63, 3.8) is 0 Å². The number of rotatable bonds is 4. The molecule has 1 aliphatic rings. The summed E-state index contributed by atoms with van der Waals surface area (Å²) < 4.78 is 7.05. The minimum atomic E-state index is 0.439. The Morgan fingerprint density at radius 3 is 2.83 bits per heavy atom. The molecule has 0 amide bonds. The van der Waals surface area contributed by atoms with Gasteiger partial charge in [-0.25, -0.2) is 0 Å². The molecule has 0 bridgehead atoms. The van der Waals surface area contributed by atoms with E-state index >= 15 is 0 Å². The molecule has 2 unspecified atom stereocenters. The second-order valence-electron chi connectivity index (χ2n) is 5.16. The Morgan fingerprint density at radius 2 is 2.11 bits per heavy atom. The van der Waals surface area contributed by atoms with E-state index in [4.69, 9.17) is 10.5 Å². The molecular formula is C15H22BrNO. The van der Waals surface area contributed by atoms with Crippen molar-refractivity contribution >= 4 is 21.6 Å². The van der Waals surface area contributed by atoms with Crippen molar-refractivity contribution in [1.29, 1.82) is 0 Å². The highest BCUT2D eigenvalue weighted by Crippen LogP contribution is 2.30. The van der Waals surface area contributed by atoms with Gasteiger partial charge in [-0.1, -0.05) is 32.3 Å². The first kappa shape index (κ1) is 13.9. The number of halogens is 1. The summed E-state index contributed by atoms with van der Waals surface area (Å²) in [4.78, 5) is 0. The Balaban J connectivity index is 1.91. The summed E-state index contributed by atoms with van der Waals surface area (Å²) in [7, 11) is 0. The predicted octanol–water partition coefficient (Wildman–Crippen LogP) is 4.52. The standard InChI is InChI=1S/C15H22BrNO/c1-2-12-5-3-4-6-15(12)18-10-11-7-8-13(16)14(17)9-11/h7-9,12,15H,2-6,10,17H2,1H3. The summed E-state index contributed by atoms with van der Waals surface area (Å²) in [5.74, 6) is 0.742. The second-order valence-corrected chi connectivity index (χ2v) is 6.01. The Kier molecular flexibility index (Phi) is 5.07. The first-order chi connectivity index (χ1) is 8.70. The predicted molar refractivity (Wildman–Crippen MR) is 79.4 cm³/mol. The largest absolute Gasteiger partial charge is 0.398 e. The molecule has 2 rings (SSSR count). The van der Waals surface area contributed by atoms with Gasteiger partial charge in [-0.3, -0.25) is 0 Å². The van der Waals surface area contributed by atoms with Gasteiger partial charge in [0.05, 0.1) is 12.7 Å². The lowest BCUT2D eigenvalue weighted by atomic mass is 9.85. The molecule has 1 saturated carbocycles. The number of hydrogen-bond donors (Lipinski definition) is 1. The van der Waals surface area contributed by atoms with E-state index in [0.717, 1.165) is 21.6 Å². The smallest absolute Gasteiger partial charge is 0.0721 e. The van der Waals surface area contributed by atoms with Crippen molar-refractivity contribution < 1.29 is 4.74 Å². The summed E-state index contributed by atoms with van der Waals surface area (Å²) in [5, 5.41) is 0. The molecule has 0 saturated heterocycles. The summed E-state index contributed by atoms with van der Waals surface area (Å²) in [6, 6.07) is 6.06. The molecule has 100 valence electrons. The minimum absolute atomic E-state index is 0.439. The van der Waals surface area contributed by atoms with Crippen LogP contribution in [0.15, 0.2) is 22.7 Å². The lowest BCUT2D eigenvalue weighted by Gasteiger charge is -2.30. The van der Waals surface area contributed by atoms with E-state index in [0.29, 0.717) is 12.7 Å². The van der Waals surface area contributed by atoms with Gasteiger partial charge < -0.3 is 10.5 Å². The lowest BCUT2D eigenvalue weighted by Crippen LogP contribution is -2.27. The van der Waals surface area contributed by atoms with E-state index in [-0.39, 0.29) is 0 Å². The second kappa shape index (κ2) is 6.58. The lowest BCUT2D eigenvalue weighted by molar-refractivity contribution is -0.0221. The monoisotopic (exact) mass is 311 g/mol. The summed E-state index contributed by atoms with van der Waals surface area (Å²) in [6.45, 7) is 2.95. The van der Waals surface area contributed by atoms with Crippen molar-refractivity contribution in [1.82, 2.24) is 0 Å². The molecule has 0 aliphatic heterocycles. The van der Waals surface area contributed by atoms with Gasteiger partial charge in [0.15, 0.2) is 0 Å². The van der Waals surface area contributed by atoms with Gasteiger partial charge >= 0.3 is 0 Å². The van der Waals surface area contributed by atoms with Crippen LogP contribution in [-0.2, 0) is 11.3 Å². The van der Waals surface area contributed by atoms with Crippen molar-refractivity contribution in [2.24, 2.45) is 5.92 Å². The zero-order valence-corrected chi connectivity index (χ0v) is 12.6. The summed E-state index contributed by atoms with van der Waals surface area (Å²) in [5.41, 5.74) is 7.83. The maximum absolute atomic E-state index is 6.10. The number of anilines is 1. The highest BCUT2D eigenvalue weighted by atomic mass is 79.9. The third-order valence-electron chi connectivity index (χ3n) is 3.89. The maximum atomic E-state index is 6.10. The van der Waals surface area contributed by atoms with E-state index in [1.807, 2.05) is 12.1 Å². The van der Waals surface area contributed by atoms with Crippen LogP contribution in [0.2, 0.25) is 0 Å². The third kappa shape index (κ3) is 3.48. The van der Waals surface area contributed by atoms with Crippen LogP contribution in [0.1, 0.15) is 44.6 Å². The average Bonchev–Trinajstić information content (AvgIpc) is 2.40. The molecule has 1 fully saturated rings. The van der Waals surface area contributed by atoms with E-state index in [9.17, 15) is 0 Å². The van der Waals surface area contributed by atoms with Gasteiger partial charge in [0.2, 0.25) is 0 Å². The van der Waals surface area contributed by atoms with E-state index < -0.39 is 0 Å². The molecule has 0 spiro atoms. The first-order valence-corrected chi connectivity index (χ1v) is 7.65. The Labute approximate surface area is 118 Å². The number of ether oxygens (including phenoxy) is 1. The van der Waals surface area contributed by atoms with Crippen molar-refractivity contribution in [2.75, 3.05) is 5.73 Å². The molecule has 18 heavy (non-hydrogen) atoms. The number of nitrogens with two attached hydrogens (primary N) is 1. The number of nitrogen functional groups attached to an aromatic ring is 1. The van der Waals surface area contributed by atoms with Crippen LogP contribution in [0, 0.1) is 5.92 Å². The summed E-state index contributed by atoms with van der Waals surface area (Å²) in [6.07, 6.45) is 6.88. The fourth-order valence-electron chi connectivity index (χ4n) is 2.75. The van der Waals surface area contributed by atoms with Crippen LogP contribution in [0.5, 0.6) is 0 Å². The van der Waals surface area contributed by atoms with Gasteiger partial charge in [-0.15, -0.1) is 0 Å². The summed E-state index contributed by atoms with van der Waals surface area (Å²) >= 11 is 3.41. The van der Waals surface area contributed by atoms with E-state index in [2.05, 4.69) is 28.9 Å². The first-order valence-electron chi connectivity index (χ1n) is 6.86. The average molecular weight is 312 g/mol. The van der Waals surface area contributed by atoms with Crippen LogP contribution < -0.4 is 5.73 Å². The highest BCUT2D eigenvalue weighted by molar-refractivity contribution is 9.10. The van der Waals surface area contributed by atoms with E-state index in [1.54, 1.807) is 0 Å². The van der Waals surface area contributed by atoms with Crippen LogP contribution in [0.3, 0.4) is 0 Å². The van der Waals surface area contributed by atoms with Crippen molar-refractivity contribution in [3.05, 3.63) is 28.2 Å². The van der Waals surface area contributed by atoms with Crippen LogP contribution >= 0.6 is 15.9 Å². The van der Waals surface area contributed by atoms with Gasteiger partial charge in [-0.2, -0.15) is 0 Å². The molecule has 1 aromatic carbocycles. The Hall–Kier alpha value is -0.540. The quantitative estimate of drug-likeness (QED) is 0.830. The van der Waals surface area contributed by atoms with Gasteiger partial charge in [-0.05, 0) is 52.4 Å². The fraction of sp³-hybridized carbons (Fsp3) is 0.600. The maximum Gasteiger partial charge on any atom is 0.0721 e. The number of benzene rings is 1. The normalized spacial score (nSPS) is 24.1. The molecule has 1 aromatic rings. The SMILES string of the molecule is CCC1CCCCC1OCc1ccc(Br)c(N)c1. The number of hydrogen-bond acceptors (Lipinski definition) is 2. The van der Waals surface area contributed by atoms with Gasteiger partial charge in [0, 0.05) is 10.2 Å². The van der Waals surface area contributed by atoms with E-state index in [1.165, 1.54) is 32.1 Å². The Bertz CT molecular complexity index is 394. The van der Waals surface area contributed by atoms with Crippen molar-refractivity contribution in [2.45, 2.75) is 51.7 Å². The molecule has 2 nitrogen and oxygen atoms in total. The Morgan fingerprint density at radius 1 is 1.33 bits per heavy atom. The molecular weight excluding hydrogens is 290 g/mol. The van der Waals surface area contributed by atoms with Crippen LogP contribution in [-0.4, -0.2) is 6.10 Å². The van der Waals surface area contributed by atoms with Crippen LogP contribution in [0.25, 0.3) is 0 Å². The highest BCUT2D eigenvalue weighted by Gasteiger charge is 2.24. The molecule has 0 aromatic heterocycles. The molecule has 2 N–H and O–H groups in total. The third-order valence-corrected chi connectivity index (χ3v) is 4.61. The minimum Gasteiger partial charge on any atom is -0.398 e. The molecule has 0 heterocycles. The van der Waals surface area contributed by atoms with Crippen molar-refractivity contribution in [3.8, 4) is 0 Å². The molecule has 2 atom stereocenters. The zero-order chi connectivity index (χ0) is 13.0. The zero-order valence-electron chi connectivity index (χ0n) is 11.0. The van der Waals surface area contributed by atoms with Gasteiger partial charge in [0.25, 0.3) is 0 Å². The molecule has 3 heteroatoms. The fourth-order valence-corrected chi connectivity index (χ4v) is 2.99. The molecule has 1 aliphatic carbocycles. The van der Waals surface area contributed by atoms with Crippen LogP contribution in [0.4, 0.5) is 5.69 Å². The van der Waals surface area contributed by atoms with Gasteiger partial charge in [0.1, 0.15) is 0 Å². The topological polar surface area (TPSA) is 35.2 Å². The molecule has 0 radical (unpaired) electrons.